The minimum Gasteiger partial charge on any atom is -0.491 e. The highest BCUT2D eigenvalue weighted by Crippen LogP contribution is 2.30. The van der Waals surface area contributed by atoms with E-state index in [0.717, 1.165) is 28.8 Å². The molecule has 0 fully saturated rings. The van der Waals surface area contributed by atoms with E-state index < -0.39 is 0 Å². The van der Waals surface area contributed by atoms with Crippen molar-refractivity contribution in [1.82, 2.24) is 14.5 Å². The first-order valence-electron chi connectivity index (χ1n) is 10.7. The van der Waals surface area contributed by atoms with Crippen LogP contribution in [0.2, 0.25) is 0 Å². The molecule has 0 aliphatic heterocycles. The number of rotatable bonds is 10. The normalized spacial score (nSPS) is 10.6. The van der Waals surface area contributed by atoms with E-state index in [4.69, 9.17) is 9.47 Å². The lowest BCUT2D eigenvalue weighted by atomic mass is 10.2. The van der Waals surface area contributed by atoms with E-state index in [2.05, 4.69) is 49.2 Å². The molecule has 0 aliphatic rings. The third kappa shape index (κ3) is 5.16. The number of ether oxygens (including phenoxy) is 2. The molecule has 0 spiro atoms. The van der Waals surface area contributed by atoms with Gasteiger partial charge in [0.2, 0.25) is 11.9 Å². The number of nitrogens with one attached hydrogen (secondary N) is 3. The first-order valence-corrected chi connectivity index (χ1v) is 10.7. The van der Waals surface area contributed by atoms with Crippen molar-refractivity contribution < 1.29 is 14.3 Å². The third-order valence-corrected chi connectivity index (χ3v) is 5.15. The van der Waals surface area contributed by atoms with Crippen molar-refractivity contribution >= 4 is 45.6 Å². The number of hydrogen-bond donors (Lipinski definition) is 3. The maximum Gasteiger partial charge on any atom is 0.247 e. The zero-order valence-corrected chi connectivity index (χ0v) is 19.0. The zero-order chi connectivity index (χ0) is 23.9. The van der Waals surface area contributed by atoms with Gasteiger partial charge in [0, 0.05) is 36.6 Å². The molecule has 0 atom stereocenters. The van der Waals surface area contributed by atoms with Crippen molar-refractivity contribution in [2.45, 2.75) is 6.54 Å². The SMILES string of the molecule is C=CC(=O)Nc1cccc(Nc2nc(Nc3cccc4c3ccn4CCOC)ncc2OC)c1. The summed E-state index contributed by atoms with van der Waals surface area (Å²) in [6.45, 7) is 4.87. The number of nitrogens with zero attached hydrogens (tertiary/aromatic N) is 3. The van der Waals surface area contributed by atoms with Crippen LogP contribution in [0, 0.1) is 0 Å². The van der Waals surface area contributed by atoms with Crippen LogP contribution in [0.5, 0.6) is 5.75 Å². The Kier molecular flexibility index (Phi) is 7.04. The summed E-state index contributed by atoms with van der Waals surface area (Å²) >= 11 is 0. The number of carbonyl (C=O) groups excluding carboxylic acids is 1. The maximum atomic E-state index is 11.6. The number of methoxy groups -OCH3 is 2. The average molecular weight is 459 g/mol. The molecule has 9 heteroatoms. The summed E-state index contributed by atoms with van der Waals surface area (Å²) in [6.07, 6.45) is 4.86. The fraction of sp³-hybridized carbons (Fsp3) is 0.160. The lowest BCUT2D eigenvalue weighted by molar-refractivity contribution is -0.111. The topological polar surface area (TPSA) is 102 Å². The molecule has 34 heavy (non-hydrogen) atoms. The van der Waals surface area contributed by atoms with Gasteiger partial charge in [-0.05, 0) is 42.5 Å². The number of fused-ring (bicyclic) bond motifs is 1. The van der Waals surface area contributed by atoms with Crippen LogP contribution in [0.4, 0.5) is 28.8 Å². The van der Waals surface area contributed by atoms with Crippen molar-refractivity contribution in [2.75, 3.05) is 36.8 Å². The lowest BCUT2D eigenvalue weighted by Crippen LogP contribution is -2.07. The van der Waals surface area contributed by atoms with Crippen LogP contribution < -0.4 is 20.7 Å². The van der Waals surface area contributed by atoms with Crippen LogP contribution in [0.1, 0.15) is 0 Å². The standard InChI is InChI=1S/C25H26N6O3/c1-4-23(32)27-17-7-5-8-18(15-17)28-24-22(34-3)16-26-25(30-24)29-20-9-6-10-21-19(20)11-12-31(21)13-14-33-2/h4-12,15-16H,1,13-14H2,2-3H3,(H,27,32)(H2,26,28,29,30). The largest absolute Gasteiger partial charge is 0.491 e. The highest BCUT2D eigenvalue weighted by molar-refractivity contribution is 5.99. The Morgan fingerprint density at radius 1 is 1.12 bits per heavy atom. The molecule has 4 rings (SSSR count). The summed E-state index contributed by atoms with van der Waals surface area (Å²) < 4.78 is 12.8. The molecule has 2 aromatic heterocycles. The van der Waals surface area contributed by atoms with Gasteiger partial charge in [-0.3, -0.25) is 4.79 Å². The van der Waals surface area contributed by atoms with Gasteiger partial charge in [0.15, 0.2) is 11.6 Å². The van der Waals surface area contributed by atoms with E-state index in [1.807, 2.05) is 30.5 Å². The number of aromatic nitrogens is 3. The van der Waals surface area contributed by atoms with Crippen molar-refractivity contribution in [3.05, 3.63) is 73.6 Å². The maximum absolute atomic E-state index is 11.6. The van der Waals surface area contributed by atoms with Gasteiger partial charge in [0.1, 0.15) is 0 Å². The summed E-state index contributed by atoms with van der Waals surface area (Å²) in [5, 5.41) is 10.3. The summed E-state index contributed by atoms with van der Waals surface area (Å²) in [5.74, 6) is 1.09. The molecule has 0 radical (unpaired) electrons. The smallest absolute Gasteiger partial charge is 0.247 e. The molecular formula is C25H26N6O3. The Balaban J connectivity index is 1.59. The molecule has 1 amide bonds. The Hall–Kier alpha value is -4.37. The second-order valence-corrected chi connectivity index (χ2v) is 7.38. The van der Waals surface area contributed by atoms with Crippen molar-refractivity contribution in [1.29, 1.82) is 0 Å². The average Bonchev–Trinajstić information content (AvgIpc) is 3.27. The van der Waals surface area contributed by atoms with E-state index in [1.165, 1.54) is 6.08 Å². The number of amides is 1. The summed E-state index contributed by atoms with van der Waals surface area (Å²) in [4.78, 5) is 20.6. The number of anilines is 5. The van der Waals surface area contributed by atoms with Gasteiger partial charge in [0.25, 0.3) is 0 Å². The predicted molar refractivity (Wildman–Crippen MR) is 134 cm³/mol. The van der Waals surface area contributed by atoms with Crippen LogP contribution in [-0.2, 0) is 16.1 Å². The molecule has 174 valence electrons. The van der Waals surface area contributed by atoms with Gasteiger partial charge in [-0.1, -0.05) is 18.7 Å². The summed E-state index contributed by atoms with van der Waals surface area (Å²) in [7, 11) is 3.25. The van der Waals surface area contributed by atoms with Gasteiger partial charge >= 0.3 is 0 Å². The van der Waals surface area contributed by atoms with Crippen molar-refractivity contribution in [3.8, 4) is 5.75 Å². The second-order valence-electron chi connectivity index (χ2n) is 7.38. The molecule has 2 aromatic carbocycles. The van der Waals surface area contributed by atoms with Gasteiger partial charge < -0.3 is 30.0 Å². The summed E-state index contributed by atoms with van der Waals surface area (Å²) in [6, 6.07) is 15.4. The Morgan fingerprint density at radius 3 is 2.74 bits per heavy atom. The van der Waals surface area contributed by atoms with E-state index in [9.17, 15) is 4.79 Å². The van der Waals surface area contributed by atoms with Gasteiger partial charge in [-0.15, -0.1) is 0 Å². The van der Waals surface area contributed by atoms with E-state index >= 15 is 0 Å². The van der Waals surface area contributed by atoms with Gasteiger partial charge in [-0.25, -0.2) is 4.98 Å². The molecule has 4 aromatic rings. The fourth-order valence-electron chi connectivity index (χ4n) is 3.51. The van der Waals surface area contributed by atoms with Crippen LogP contribution in [0.3, 0.4) is 0 Å². The molecular weight excluding hydrogens is 432 g/mol. The lowest BCUT2D eigenvalue weighted by Gasteiger charge is -2.13. The Bertz CT molecular complexity index is 1320. The molecule has 0 saturated carbocycles. The fourth-order valence-corrected chi connectivity index (χ4v) is 3.51. The highest BCUT2D eigenvalue weighted by atomic mass is 16.5. The van der Waals surface area contributed by atoms with Crippen LogP contribution in [0.15, 0.2) is 73.6 Å². The molecule has 9 nitrogen and oxygen atoms in total. The monoisotopic (exact) mass is 458 g/mol. The van der Waals surface area contributed by atoms with Gasteiger partial charge in [-0.2, -0.15) is 4.98 Å². The van der Waals surface area contributed by atoms with Crippen LogP contribution in [0.25, 0.3) is 10.9 Å². The molecule has 0 saturated heterocycles. The van der Waals surface area contributed by atoms with Crippen molar-refractivity contribution in [3.63, 3.8) is 0 Å². The van der Waals surface area contributed by atoms with Crippen LogP contribution in [-0.4, -0.2) is 41.3 Å². The highest BCUT2D eigenvalue weighted by Gasteiger charge is 2.11. The number of benzene rings is 2. The molecule has 0 unspecified atom stereocenters. The number of carbonyl (C=O) groups is 1. The molecule has 0 bridgehead atoms. The molecule has 3 N–H and O–H groups in total. The minimum atomic E-state index is -0.284. The quantitative estimate of drug-likeness (QED) is 0.296. The zero-order valence-electron chi connectivity index (χ0n) is 19.0. The Morgan fingerprint density at radius 2 is 1.94 bits per heavy atom. The van der Waals surface area contributed by atoms with Crippen molar-refractivity contribution in [2.24, 2.45) is 0 Å². The van der Waals surface area contributed by atoms with E-state index in [0.29, 0.717) is 29.8 Å². The van der Waals surface area contributed by atoms with E-state index in [-0.39, 0.29) is 5.91 Å². The van der Waals surface area contributed by atoms with Crippen LogP contribution >= 0.6 is 0 Å². The molecule has 2 heterocycles. The molecule has 0 aliphatic carbocycles. The third-order valence-electron chi connectivity index (χ3n) is 5.15. The van der Waals surface area contributed by atoms with E-state index in [1.54, 1.807) is 32.5 Å². The first-order chi connectivity index (χ1) is 16.6. The first kappa shape index (κ1) is 22.8. The second kappa shape index (κ2) is 10.5. The number of hydrogen-bond acceptors (Lipinski definition) is 7. The minimum absolute atomic E-state index is 0.284. The predicted octanol–water partition coefficient (Wildman–Crippen LogP) is 4.70. The van der Waals surface area contributed by atoms with Gasteiger partial charge in [0.05, 0.1) is 31.1 Å². The Labute approximate surface area is 197 Å². The summed E-state index contributed by atoms with van der Waals surface area (Å²) in [5.41, 5.74) is 3.33.